The summed E-state index contributed by atoms with van der Waals surface area (Å²) in [5.41, 5.74) is 2.11. The molecule has 0 bridgehead atoms. The van der Waals surface area contributed by atoms with E-state index in [4.69, 9.17) is 0 Å². The van der Waals surface area contributed by atoms with E-state index in [1.165, 1.54) is 7.11 Å². The number of imidazole rings is 1. The molecule has 148 valence electrons. The summed E-state index contributed by atoms with van der Waals surface area (Å²) < 4.78 is 4.64. The summed E-state index contributed by atoms with van der Waals surface area (Å²) in [6.07, 6.45) is 3.96. The molecule has 27 heavy (non-hydrogen) atoms. The van der Waals surface area contributed by atoms with Gasteiger partial charge in [0.15, 0.2) is 5.96 Å². The summed E-state index contributed by atoms with van der Waals surface area (Å²) in [4.78, 5) is 25.2. The fourth-order valence-electron chi connectivity index (χ4n) is 2.59. The van der Waals surface area contributed by atoms with Crippen molar-refractivity contribution < 1.29 is 9.53 Å². The Balaban J connectivity index is 0.00000364. The SMILES string of the molecule is CN=C(NCCCCC(=O)OC)N(C)Cc1ncc(-c2ccccc2)[nH]1.I. The standard InChI is InChI=1S/C19H27N5O2.HI/c1-20-19(21-12-8-7-11-18(25)26-3)24(2)14-17-22-13-16(23-17)15-9-5-4-6-10-15;/h4-6,9-10,13H,7-8,11-12,14H2,1-3H3,(H,20,21)(H,22,23);1H. The van der Waals surface area contributed by atoms with Gasteiger partial charge in [-0.25, -0.2) is 4.98 Å². The molecule has 1 aromatic heterocycles. The van der Waals surface area contributed by atoms with E-state index >= 15 is 0 Å². The summed E-state index contributed by atoms with van der Waals surface area (Å²) in [5, 5.41) is 3.30. The van der Waals surface area contributed by atoms with Crippen LogP contribution in [0, 0.1) is 0 Å². The summed E-state index contributed by atoms with van der Waals surface area (Å²) in [6, 6.07) is 10.1. The normalized spacial score (nSPS) is 10.9. The zero-order valence-corrected chi connectivity index (χ0v) is 18.4. The predicted octanol–water partition coefficient (Wildman–Crippen LogP) is 3.05. The molecule has 2 aromatic rings. The molecule has 8 heteroatoms. The molecule has 0 saturated heterocycles. The van der Waals surface area contributed by atoms with E-state index in [2.05, 4.69) is 37.1 Å². The third-order valence-corrected chi connectivity index (χ3v) is 3.99. The zero-order valence-electron chi connectivity index (χ0n) is 16.1. The number of aromatic nitrogens is 2. The fraction of sp³-hybridized carbons (Fsp3) is 0.421. The van der Waals surface area contributed by atoms with E-state index in [-0.39, 0.29) is 29.9 Å². The van der Waals surface area contributed by atoms with Crippen molar-refractivity contribution in [2.75, 3.05) is 27.7 Å². The van der Waals surface area contributed by atoms with Crippen molar-refractivity contribution in [2.45, 2.75) is 25.8 Å². The third kappa shape index (κ3) is 7.58. The minimum absolute atomic E-state index is 0. The molecule has 0 atom stereocenters. The number of guanidine groups is 1. The molecule has 7 nitrogen and oxygen atoms in total. The van der Waals surface area contributed by atoms with Crippen LogP contribution < -0.4 is 5.32 Å². The first kappa shape index (κ1) is 22.9. The zero-order chi connectivity index (χ0) is 18.8. The number of esters is 1. The number of carbonyl (C=O) groups is 1. The summed E-state index contributed by atoms with van der Waals surface area (Å²) in [7, 11) is 5.13. The van der Waals surface area contributed by atoms with Gasteiger partial charge in [-0.1, -0.05) is 30.3 Å². The summed E-state index contributed by atoms with van der Waals surface area (Å²) >= 11 is 0. The Labute approximate surface area is 177 Å². The molecular formula is C19H28IN5O2. The maximum Gasteiger partial charge on any atom is 0.305 e. The Bertz CT molecular complexity index is 718. The van der Waals surface area contributed by atoms with Gasteiger partial charge in [0.2, 0.25) is 0 Å². The van der Waals surface area contributed by atoms with Crippen LogP contribution >= 0.6 is 24.0 Å². The highest BCUT2D eigenvalue weighted by molar-refractivity contribution is 14.0. The monoisotopic (exact) mass is 485 g/mol. The lowest BCUT2D eigenvalue weighted by Gasteiger charge is -2.21. The van der Waals surface area contributed by atoms with Crippen molar-refractivity contribution in [1.82, 2.24) is 20.2 Å². The lowest BCUT2D eigenvalue weighted by Crippen LogP contribution is -2.39. The van der Waals surface area contributed by atoms with Gasteiger partial charge in [0.25, 0.3) is 0 Å². The van der Waals surface area contributed by atoms with Crippen molar-refractivity contribution in [2.24, 2.45) is 4.99 Å². The van der Waals surface area contributed by atoms with Gasteiger partial charge in [0.05, 0.1) is 25.5 Å². The molecular weight excluding hydrogens is 457 g/mol. The molecule has 0 amide bonds. The van der Waals surface area contributed by atoms with Crippen LogP contribution in [-0.4, -0.2) is 54.5 Å². The molecule has 0 aliphatic rings. The lowest BCUT2D eigenvalue weighted by molar-refractivity contribution is -0.140. The van der Waals surface area contributed by atoms with Crippen LogP contribution in [-0.2, 0) is 16.1 Å². The topological polar surface area (TPSA) is 82.6 Å². The number of H-pyrrole nitrogens is 1. The van der Waals surface area contributed by atoms with E-state index in [1.54, 1.807) is 7.05 Å². The summed E-state index contributed by atoms with van der Waals surface area (Å²) in [5.74, 6) is 1.50. The molecule has 0 aliphatic carbocycles. The first-order chi connectivity index (χ1) is 12.6. The Kier molecular flexibility index (Phi) is 10.5. The fourth-order valence-corrected chi connectivity index (χ4v) is 2.59. The molecule has 0 aliphatic heterocycles. The van der Waals surface area contributed by atoms with Crippen molar-refractivity contribution in [3.8, 4) is 11.3 Å². The molecule has 2 N–H and O–H groups in total. The van der Waals surface area contributed by atoms with E-state index in [1.807, 2.05) is 36.3 Å². The molecule has 1 aromatic carbocycles. The number of nitrogens with zero attached hydrogens (tertiary/aromatic N) is 3. The van der Waals surface area contributed by atoms with Crippen LogP contribution in [0.1, 0.15) is 25.1 Å². The van der Waals surface area contributed by atoms with E-state index in [0.29, 0.717) is 13.0 Å². The van der Waals surface area contributed by atoms with Crippen molar-refractivity contribution in [1.29, 1.82) is 0 Å². The minimum Gasteiger partial charge on any atom is -0.469 e. The molecule has 1 heterocycles. The average molecular weight is 485 g/mol. The van der Waals surface area contributed by atoms with E-state index < -0.39 is 0 Å². The van der Waals surface area contributed by atoms with E-state index in [0.717, 1.165) is 42.4 Å². The lowest BCUT2D eigenvalue weighted by atomic mass is 10.2. The Morgan fingerprint density at radius 2 is 2.04 bits per heavy atom. The van der Waals surface area contributed by atoms with Crippen LogP contribution in [0.3, 0.4) is 0 Å². The van der Waals surface area contributed by atoms with Crippen LogP contribution in [0.15, 0.2) is 41.5 Å². The van der Waals surface area contributed by atoms with Crippen LogP contribution in [0.5, 0.6) is 0 Å². The number of aromatic amines is 1. The second-order valence-electron chi connectivity index (χ2n) is 5.97. The maximum absolute atomic E-state index is 11.1. The van der Waals surface area contributed by atoms with Gasteiger partial charge in [-0.05, 0) is 18.4 Å². The van der Waals surface area contributed by atoms with E-state index in [9.17, 15) is 4.79 Å². The van der Waals surface area contributed by atoms with Crippen molar-refractivity contribution >= 4 is 35.9 Å². The molecule has 2 rings (SSSR count). The van der Waals surface area contributed by atoms with Gasteiger partial charge in [0.1, 0.15) is 5.82 Å². The highest BCUT2D eigenvalue weighted by atomic mass is 127. The van der Waals surface area contributed by atoms with Crippen molar-refractivity contribution in [3.63, 3.8) is 0 Å². The van der Waals surface area contributed by atoms with Gasteiger partial charge in [-0.3, -0.25) is 9.79 Å². The number of hydrogen-bond acceptors (Lipinski definition) is 4. The Morgan fingerprint density at radius 1 is 1.30 bits per heavy atom. The van der Waals surface area contributed by atoms with Crippen LogP contribution in [0.2, 0.25) is 0 Å². The second kappa shape index (κ2) is 12.3. The number of rotatable bonds is 8. The molecule has 0 unspecified atom stereocenters. The quantitative estimate of drug-likeness (QED) is 0.198. The second-order valence-corrected chi connectivity index (χ2v) is 5.97. The number of unbranched alkanes of at least 4 members (excludes halogenated alkanes) is 1. The number of aliphatic imine (C=N–C) groups is 1. The highest BCUT2D eigenvalue weighted by Gasteiger charge is 2.09. The van der Waals surface area contributed by atoms with Gasteiger partial charge in [0, 0.05) is 27.1 Å². The number of nitrogens with one attached hydrogen (secondary N) is 2. The number of ether oxygens (including phenoxy) is 1. The summed E-state index contributed by atoms with van der Waals surface area (Å²) in [6.45, 7) is 1.37. The van der Waals surface area contributed by atoms with Crippen molar-refractivity contribution in [3.05, 3.63) is 42.4 Å². The van der Waals surface area contributed by atoms with Crippen LogP contribution in [0.25, 0.3) is 11.3 Å². The Hall–Kier alpha value is -2.10. The average Bonchev–Trinajstić information content (AvgIpc) is 3.13. The smallest absolute Gasteiger partial charge is 0.305 e. The first-order valence-electron chi connectivity index (χ1n) is 8.72. The molecule has 0 radical (unpaired) electrons. The predicted molar refractivity (Wildman–Crippen MR) is 118 cm³/mol. The number of benzene rings is 1. The van der Waals surface area contributed by atoms with Gasteiger partial charge in [-0.15, -0.1) is 24.0 Å². The third-order valence-electron chi connectivity index (χ3n) is 3.99. The van der Waals surface area contributed by atoms with Crippen LogP contribution in [0.4, 0.5) is 0 Å². The highest BCUT2D eigenvalue weighted by Crippen LogP contribution is 2.16. The minimum atomic E-state index is -0.168. The van der Waals surface area contributed by atoms with Gasteiger partial charge in [-0.2, -0.15) is 0 Å². The molecule has 0 fully saturated rings. The van der Waals surface area contributed by atoms with Gasteiger partial charge < -0.3 is 19.9 Å². The number of halogens is 1. The number of carbonyl (C=O) groups excluding carboxylic acids is 1. The first-order valence-corrected chi connectivity index (χ1v) is 8.72. The maximum atomic E-state index is 11.1. The largest absolute Gasteiger partial charge is 0.469 e. The molecule has 0 saturated carbocycles. The number of methoxy groups -OCH3 is 1. The van der Waals surface area contributed by atoms with Gasteiger partial charge >= 0.3 is 5.97 Å². The molecule has 0 spiro atoms. The number of hydrogen-bond donors (Lipinski definition) is 2. The Morgan fingerprint density at radius 3 is 2.70 bits per heavy atom.